The van der Waals surface area contributed by atoms with Gasteiger partial charge in [0, 0.05) is 54.9 Å². The average Bonchev–Trinajstić information content (AvgIpc) is 3.05. The Morgan fingerprint density at radius 1 is 1.12 bits per heavy atom. The number of anilines is 2. The van der Waals surface area contributed by atoms with Gasteiger partial charge in [0.2, 0.25) is 0 Å². The summed E-state index contributed by atoms with van der Waals surface area (Å²) in [6.45, 7) is 3.45. The molecular weight excluding hydrogens is 417 g/mol. The Bertz CT molecular complexity index is 1330. The lowest BCUT2D eigenvalue weighted by atomic mass is 10.0. The van der Waals surface area contributed by atoms with Crippen LogP contribution in [0, 0.1) is 17.1 Å². The minimum atomic E-state index is -0.452. The molecule has 3 aromatic rings. The van der Waals surface area contributed by atoms with Crippen LogP contribution in [0.25, 0.3) is 10.9 Å². The summed E-state index contributed by atoms with van der Waals surface area (Å²) in [4.78, 5) is 20.5. The molecule has 6 rings (SSSR count). The minimum Gasteiger partial charge on any atom is -0.384 e. The molecule has 0 saturated carbocycles. The Morgan fingerprint density at radius 3 is 2.70 bits per heavy atom. The molecule has 0 spiro atoms. The third-order valence-electron chi connectivity index (χ3n) is 7.52. The van der Waals surface area contributed by atoms with Gasteiger partial charge in [0.25, 0.3) is 5.56 Å². The Morgan fingerprint density at radius 2 is 1.94 bits per heavy atom. The summed E-state index contributed by atoms with van der Waals surface area (Å²) in [5.41, 5.74) is 4.91. The maximum absolute atomic E-state index is 14.2. The van der Waals surface area contributed by atoms with Crippen molar-refractivity contribution in [1.82, 2.24) is 9.88 Å². The highest BCUT2D eigenvalue weighted by molar-refractivity contribution is 5.93. The molecule has 0 aliphatic carbocycles. The van der Waals surface area contributed by atoms with Gasteiger partial charge in [-0.2, -0.15) is 5.26 Å². The van der Waals surface area contributed by atoms with Crippen LogP contribution in [-0.2, 0) is 13.0 Å². The molecule has 7 heteroatoms. The van der Waals surface area contributed by atoms with Crippen LogP contribution in [0.15, 0.2) is 41.2 Å². The molecule has 2 saturated heterocycles. The number of nitrogens with zero attached hydrogens (tertiary/aromatic N) is 3. The molecule has 0 radical (unpaired) electrons. The number of nitriles is 1. The van der Waals surface area contributed by atoms with Crippen LogP contribution in [0.4, 0.5) is 15.8 Å². The first kappa shape index (κ1) is 20.3. The van der Waals surface area contributed by atoms with E-state index in [2.05, 4.69) is 38.3 Å². The number of benzene rings is 2. The summed E-state index contributed by atoms with van der Waals surface area (Å²) in [6, 6.07) is 14.1. The van der Waals surface area contributed by atoms with E-state index >= 15 is 0 Å². The second-order valence-corrected chi connectivity index (χ2v) is 9.46. The highest BCUT2D eigenvalue weighted by atomic mass is 19.1. The number of fused-ring (bicyclic) bond motifs is 5. The predicted molar refractivity (Wildman–Crippen MR) is 127 cm³/mol. The van der Waals surface area contributed by atoms with Crippen LogP contribution in [0.2, 0.25) is 0 Å². The van der Waals surface area contributed by atoms with Crippen molar-refractivity contribution in [1.29, 1.82) is 5.26 Å². The SMILES string of the molecule is N#Cc1ccc(N2CC3CCC(C2)N3Cc2ccc3c4c(c(=O)[nH]c3c2)CCCN4)cc1F. The van der Waals surface area contributed by atoms with Crippen LogP contribution < -0.4 is 15.8 Å². The smallest absolute Gasteiger partial charge is 0.253 e. The molecular formula is C26H26FN5O. The molecule has 2 fully saturated rings. The highest BCUT2D eigenvalue weighted by Crippen LogP contribution is 2.35. The molecule has 2 unspecified atom stereocenters. The van der Waals surface area contributed by atoms with Crippen molar-refractivity contribution >= 4 is 22.3 Å². The third-order valence-corrected chi connectivity index (χ3v) is 7.52. The maximum atomic E-state index is 14.2. The molecule has 3 aliphatic rings. The third kappa shape index (κ3) is 3.46. The van der Waals surface area contributed by atoms with E-state index in [-0.39, 0.29) is 11.1 Å². The second kappa shape index (κ2) is 7.89. The number of nitrogens with one attached hydrogen (secondary N) is 2. The van der Waals surface area contributed by atoms with Crippen molar-refractivity contribution < 1.29 is 4.39 Å². The standard InChI is InChI=1S/C26H26FN5O/c27-23-11-18(5-4-17(23)12-28)31-14-19-6-7-20(15-31)32(19)13-16-3-8-21-24(10-16)30-26(33)22-2-1-9-29-25(21)22/h3-5,8,10-11,19-20,29H,1-2,6-7,9,13-15H2,(H,30,33). The Balaban J connectivity index is 1.23. The first-order chi connectivity index (χ1) is 16.1. The summed E-state index contributed by atoms with van der Waals surface area (Å²) in [7, 11) is 0. The lowest BCUT2D eigenvalue weighted by molar-refractivity contribution is 0.160. The Hall–Kier alpha value is -3.37. The fourth-order valence-corrected chi connectivity index (χ4v) is 5.87. The number of pyridine rings is 1. The van der Waals surface area contributed by atoms with E-state index in [9.17, 15) is 9.18 Å². The zero-order valence-electron chi connectivity index (χ0n) is 18.4. The van der Waals surface area contributed by atoms with E-state index in [1.165, 1.54) is 11.6 Å². The summed E-state index contributed by atoms with van der Waals surface area (Å²) in [5.74, 6) is -0.452. The number of H-pyrrole nitrogens is 1. The molecule has 168 valence electrons. The number of halogens is 1. The van der Waals surface area contributed by atoms with Crippen LogP contribution in [-0.4, -0.2) is 41.6 Å². The molecule has 2 atom stereocenters. The number of rotatable bonds is 3. The molecule has 0 amide bonds. The van der Waals surface area contributed by atoms with E-state index in [1.54, 1.807) is 6.07 Å². The second-order valence-electron chi connectivity index (χ2n) is 9.46. The normalized spacial score (nSPS) is 22.1. The van der Waals surface area contributed by atoms with Crippen molar-refractivity contribution in [3.63, 3.8) is 0 Å². The van der Waals surface area contributed by atoms with Gasteiger partial charge in [0.05, 0.1) is 16.8 Å². The van der Waals surface area contributed by atoms with Crippen molar-refractivity contribution in [3.05, 3.63) is 69.3 Å². The van der Waals surface area contributed by atoms with Gasteiger partial charge >= 0.3 is 0 Å². The monoisotopic (exact) mass is 443 g/mol. The van der Waals surface area contributed by atoms with E-state index in [0.717, 1.165) is 79.7 Å². The molecule has 33 heavy (non-hydrogen) atoms. The summed E-state index contributed by atoms with van der Waals surface area (Å²) >= 11 is 0. The van der Waals surface area contributed by atoms with E-state index < -0.39 is 5.82 Å². The molecule has 3 aliphatic heterocycles. The fourth-order valence-electron chi connectivity index (χ4n) is 5.87. The van der Waals surface area contributed by atoms with Crippen LogP contribution >= 0.6 is 0 Å². The first-order valence-electron chi connectivity index (χ1n) is 11.7. The molecule has 2 aromatic carbocycles. The fraction of sp³-hybridized carbons (Fsp3) is 0.385. The first-order valence-corrected chi connectivity index (χ1v) is 11.7. The van der Waals surface area contributed by atoms with Gasteiger partial charge in [-0.15, -0.1) is 0 Å². The number of aromatic nitrogens is 1. The van der Waals surface area contributed by atoms with Gasteiger partial charge in [-0.05, 0) is 55.5 Å². The van der Waals surface area contributed by atoms with Crippen LogP contribution in [0.3, 0.4) is 0 Å². The van der Waals surface area contributed by atoms with Gasteiger partial charge < -0.3 is 15.2 Å². The van der Waals surface area contributed by atoms with Gasteiger partial charge in [0.1, 0.15) is 11.9 Å². The van der Waals surface area contributed by atoms with Crippen LogP contribution in [0.5, 0.6) is 0 Å². The lowest BCUT2D eigenvalue weighted by Crippen LogP contribution is -2.53. The molecule has 4 heterocycles. The zero-order chi connectivity index (χ0) is 22.5. The largest absolute Gasteiger partial charge is 0.384 e. The molecule has 6 nitrogen and oxygen atoms in total. The predicted octanol–water partition coefficient (Wildman–Crippen LogP) is 3.75. The molecule has 2 bridgehead atoms. The number of aromatic amines is 1. The Labute approximate surface area is 191 Å². The van der Waals surface area contributed by atoms with E-state index in [4.69, 9.17) is 5.26 Å². The van der Waals surface area contributed by atoms with Gasteiger partial charge in [-0.1, -0.05) is 12.1 Å². The lowest BCUT2D eigenvalue weighted by Gasteiger charge is -2.42. The van der Waals surface area contributed by atoms with Gasteiger partial charge in [-0.3, -0.25) is 9.69 Å². The van der Waals surface area contributed by atoms with Crippen LogP contribution in [0.1, 0.15) is 36.0 Å². The molecule has 2 N–H and O–H groups in total. The van der Waals surface area contributed by atoms with Crippen molar-refractivity contribution in [2.24, 2.45) is 0 Å². The van der Waals surface area contributed by atoms with Crippen molar-refractivity contribution in [3.8, 4) is 6.07 Å². The van der Waals surface area contributed by atoms with Crippen molar-refractivity contribution in [2.75, 3.05) is 29.9 Å². The summed E-state index contributed by atoms with van der Waals surface area (Å²) < 4.78 is 14.2. The minimum absolute atomic E-state index is 0.0187. The number of hydrogen-bond acceptors (Lipinski definition) is 5. The Kier molecular flexibility index (Phi) is 4.84. The summed E-state index contributed by atoms with van der Waals surface area (Å²) in [5, 5.41) is 13.5. The van der Waals surface area contributed by atoms with E-state index in [0.29, 0.717) is 12.1 Å². The zero-order valence-corrected chi connectivity index (χ0v) is 18.4. The average molecular weight is 444 g/mol. The number of hydrogen-bond donors (Lipinski definition) is 2. The van der Waals surface area contributed by atoms with Gasteiger partial charge in [0.15, 0.2) is 0 Å². The highest BCUT2D eigenvalue weighted by Gasteiger charge is 2.40. The van der Waals surface area contributed by atoms with E-state index in [1.807, 2.05) is 12.1 Å². The number of piperazine rings is 1. The maximum Gasteiger partial charge on any atom is 0.253 e. The molecule has 1 aromatic heterocycles. The quantitative estimate of drug-likeness (QED) is 0.645. The topological polar surface area (TPSA) is 75.2 Å². The van der Waals surface area contributed by atoms with Crippen molar-refractivity contribution in [2.45, 2.75) is 44.3 Å². The summed E-state index contributed by atoms with van der Waals surface area (Å²) in [6.07, 6.45) is 4.07. The van der Waals surface area contributed by atoms with Gasteiger partial charge in [-0.25, -0.2) is 4.39 Å².